The minimum atomic E-state index is -0.568. The second kappa shape index (κ2) is 6.01. The maximum atomic E-state index is 13.8. The Morgan fingerprint density at radius 2 is 1.74 bits per heavy atom. The van der Waals surface area contributed by atoms with Crippen molar-refractivity contribution in [2.45, 2.75) is 13.5 Å². The summed E-state index contributed by atoms with van der Waals surface area (Å²) < 4.78 is 28.6. The molecular weight excluding hydrogens is 380 g/mol. The molecule has 0 saturated carbocycles. The van der Waals surface area contributed by atoms with E-state index in [9.17, 15) is 8.78 Å². The molecule has 0 aliphatic rings. The molecule has 100 valence electrons. The van der Waals surface area contributed by atoms with E-state index in [4.69, 9.17) is 0 Å². The van der Waals surface area contributed by atoms with E-state index in [1.54, 1.807) is 0 Å². The minimum Gasteiger partial charge on any atom is -0.381 e. The summed E-state index contributed by atoms with van der Waals surface area (Å²) in [7, 11) is 0. The lowest BCUT2D eigenvalue weighted by Crippen LogP contribution is -2.05. The molecule has 0 saturated heterocycles. The molecule has 0 aliphatic carbocycles. The Kier molecular flexibility index (Phi) is 4.58. The molecule has 2 aromatic carbocycles. The maximum Gasteiger partial charge on any atom is 0.145 e. The van der Waals surface area contributed by atoms with Crippen molar-refractivity contribution in [3.63, 3.8) is 0 Å². The van der Waals surface area contributed by atoms with Crippen molar-refractivity contribution in [3.05, 3.63) is 62.0 Å². The van der Waals surface area contributed by atoms with Crippen LogP contribution in [0.2, 0.25) is 0 Å². The normalized spacial score (nSPS) is 10.6. The van der Waals surface area contributed by atoms with E-state index in [2.05, 4.69) is 37.2 Å². The third kappa shape index (κ3) is 3.34. The third-order valence-electron chi connectivity index (χ3n) is 2.77. The fourth-order valence-corrected chi connectivity index (χ4v) is 2.29. The zero-order valence-electron chi connectivity index (χ0n) is 10.1. The fourth-order valence-electron chi connectivity index (χ4n) is 1.68. The van der Waals surface area contributed by atoms with E-state index in [0.29, 0.717) is 0 Å². The number of hydrogen-bond acceptors (Lipinski definition) is 1. The van der Waals surface area contributed by atoms with Crippen molar-refractivity contribution in [1.82, 2.24) is 0 Å². The highest BCUT2D eigenvalue weighted by Gasteiger charge is 2.12. The summed E-state index contributed by atoms with van der Waals surface area (Å²) in [6.07, 6.45) is 0. The largest absolute Gasteiger partial charge is 0.381 e. The van der Waals surface area contributed by atoms with Crippen LogP contribution in [0.5, 0.6) is 0 Å². The van der Waals surface area contributed by atoms with Gasteiger partial charge in [0.25, 0.3) is 0 Å². The van der Waals surface area contributed by atoms with Crippen LogP contribution in [0.25, 0.3) is 0 Å². The van der Waals surface area contributed by atoms with E-state index in [0.717, 1.165) is 15.7 Å². The van der Waals surface area contributed by atoms with Crippen molar-refractivity contribution < 1.29 is 8.78 Å². The standard InChI is InChI=1S/C14H11Br2F2N/c1-8-6-9(2-3-11(8)15)19-7-10-13(17)5-4-12(16)14(10)18/h2-6,19H,7H2,1H3. The highest BCUT2D eigenvalue weighted by Crippen LogP contribution is 2.24. The summed E-state index contributed by atoms with van der Waals surface area (Å²) >= 11 is 6.46. The number of halogens is 4. The van der Waals surface area contributed by atoms with Crippen molar-refractivity contribution in [3.8, 4) is 0 Å². The van der Waals surface area contributed by atoms with Gasteiger partial charge in [-0.1, -0.05) is 15.9 Å². The van der Waals surface area contributed by atoms with Gasteiger partial charge in [0.2, 0.25) is 0 Å². The van der Waals surface area contributed by atoms with Crippen LogP contribution in [0.3, 0.4) is 0 Å². The predicted octanol–water partition coefficient (Wildman–Crippen LogP) is 5.41. The number of rotatable bonds is 3. The molecule has 0 spiro atoms. The van der Waals surface area contributed by atoms with Gasteiger partial charge in [-0.2, -0.15) is 0 Å². The molecule has 0 radical (unpaired) electrons. The molecule has 0 aliphatic heterocycles. The van der Waals surface area contributed by atoms with Crippen LogP contribution >= 0.6 is 31.9 Å². The Balaban J connectivity index is 2.19. The average Bonchev–Trinajstić information content (AvgIpc) is 2.38. The van der Waals surface area contributed by atoms with Crippen LogP contribution in [0.1, 0.15) is 11.1 Å². The number of nitrogens with one attached hydrogen (secondary N) is 1. The van der Waals surface area contributed by atoms with Crippen molar-refractivity contribution in [2.24, 2.45) is 0 Å². The Morgan fingerprint density at radius 3 is 2.42 bits per heavy atom. The number of hydrogen-bond donors (Lipinski definition) is 1. The Bertz CT molecular complexity index is 615. The monoisotopic (exact) mass is 389 g/mol. The lowest BCUT2D eigenvalue weighted by atomic mass is 10.2. The van der Waals surface area contributed by atoms with Crippen LogP contribution in [0.4, 0.5) is 14.5 Å². The minimum absolute atomic E-state index is 0.0231. The van der Waals surface area contributed by atoms with Gasteiger partial charge in [0.1, 0.15) is 11.6 Å². The molecule has 0 atom stereocenters. The molecular formula is C14H11Br2F2N. The summed E-state index contributed by atoms with van der Waals surface area (Å²) in [5.41, 5.74) is 1.90. The van der Waals surface area contributed by atoms with Gasteiger partial charge in [-0.15, -0.1) is 0 Å². The summed E-state index contributed by atoms with van der Waals surface area (Å²) in [4.78, 5) is 0. The molecule has 1 nitrogen and oxygen atoms in total. The first-order valence-corrected chi connectivity index (χ1v) is 7.20. The molecule has 2 aromatic rings. The van der Waals surface area contributed by atoms with E-state index in [-0.39, 0.29) is 16.6 Å². The van der Waals surface area contributed by atoms with Crippen molar-refractivity contribution in [2.75, 3.05) is 5.32 Å². The number of anilines is 1. The summed E-state index contributed by atoms with van der Waals surface area (Å²) in [5.74, 6) is -1.12. The van der Waals surface area contributed by atoms with Crippen LogP contribution in [0, 0.1) is 18.6 Å². The maximum absolute atomic E-state index is 13.8. The molecule has 0 fully saturated rings. The van der Waals surface area contributed by atoms with Crippen LogP contribution < -0.4 is 5.32 Å². The first kappa shape index (κ1) is 14.5. The molecule has 5 heteroatoms. The van der Waals surface area contributed by atoms with Gasteiger partial charge in [-0.25, -0.2) is 8.78 Å². The van der Waals surface area contributed by atoms with Gasteiger partial charge >= 0.3 is 0 Å². The van der Waals surface area contributed by atoms with Crippen molar-refractivity contribution in [1.29, 1.82) is 0 Å². The highest BCUT2D eigenvalue weighted by molar-refractivity contribution is 9.10. The lowest BCUT2D eigenvalue weighted by Gasteiger charge is -2.10. The SMILES string of the molecule is Cc1cc(NCc2c(F)ccc(Br)c2F)ccc1Br. The molecule has 1 N–H and O–H groups in total. The smallest absolute Gasteiger partial charge is 0.145 e. The number of benzene rings is 2. The highest BCUT2D eigenvalue weighted by atomic mass is 79.9. The number of aryl methyl sites for hydroxylation is 1. The molecule has 19 heavy (non-hydrogen) atoms. The van der Waals surface area contributed by atoms with Crippen LogP contribution in [-0.4, -0.2) is 0 Å². The molecule has 0 amide bonds. The molecule has 0 unspecified atom stereocenters. The van der Waals surface area contributed by atoms with E-state index >= 15 is 0 Å². The van der Waals surface area contributed by atoms with Gasteiger partial charge in [0, 0.05) is 22.3 Å². The van der Waals surface area contributed by atoms with Gasteiger partial charge < -0.3 is 5.32 Å². The quantitative estimate of drug-likeness (QED) is 0.691. The van der Waals surface area contributed by atoms with Gasteiger partial charge in [0.05, 0.1) is 4.47 Å². The third-order valence-corrected chi connectivity index (χ3v) is 4.27. The first-order valence-electron chi connectivity index (χ1n) is 5.61. The van der Waals surface area contributed by atoms with Gasteiger partial charge in [-0.3, -0.25) is 0 Å². The zero-order valence-corrected chi connectivity index (χ0v) is 13.3. The van der Waals surface area contributed by atoms with Gasteiger partial charge in [0.15, 0.2) is 0 Å². The van der Waals surface area contributed by atoms with Crippen LogP contribution in [0.15, 0.2) is 39.3 Å². The summed E-state index contributed by atoms with van der Waals surface area (Å²) in [6.45, 7) is 2.05. The second-order valence-corrected chi connectivity index (χ2v) is 5.85. The Morgan fingerprint density at radius 1 is 1.05 bits per heavy atom. The average molecular weight is 391 g/mol. The molecule has 0 heterocycles. The molecule has 2 rings (SSSR count). The topological polar surface area (TPSA) is 12.0 Å². The zero-order chi connectivity index (χ0) is 14.0. The fraction of sp³-hybridized carbons (Fsp3) is 0.143. The van der Waals surface area contributed by atoms with Crippen molar-refractivity contribution >= 4 is 37.5 Å². The van der Waals surface area contributed by atoms with E-state index in [1.807, 2.05) is 25.1 Å². The van der Waals surface area contributed by atoms with E-state index < -0.39 is 11.6 Å². The molecule has 0 bridgehead atoms. The summed E-state index contributed by atoms with van der Waals surface area (Å²) in [5, 5.41) is 3.02. The van der Waals surface area contributed by atoms with Crippen LogP contribution in [-0.2, 0) is 6.54 Å². The van der Waals surface area contributed by atoms with Gasteiger partial charge in [-0.05, 0) is 58.7 Å². The van der Waals surface area contributed by atoms with E-state index in [1.165, 1.54) is 12.1 Å². The predicted molar refractivity (Wildman–Crippen MR) is 80.3 cm³/mol. The second-order valence-electron chi connectivity index (χ2n) is 4.14. The first-order chi connectivity index (χ1) is 8.99. The Hall–Kier alpha value is -0.940. The lowest BCUT2D eigenvalue weighted by molar-refractivity contribution is 0.555. The molecule has 0 aromatic heterocycles. The summed E-state index contributed by atoms with van der Waals surface area (Å²) in [6, 6.07) is 8.27. The Labute approximate surface area is 127 Å².